The van der Waals surface area contributed by atoms with Gasteiger partial charge in [0.2, 0.25) is 0 Å². The fourth-order valence-corrected chi connectivity index (χ4v) is 2.92. The molecule has 2 rings (SSSR count). The summed E-state index contributed by atoms with van der Waals surface area (Å²) in [6.45, 7) is 7.90. The highest BCUT2D eigenvalue weighted by Gasteiger charge is 2.02. The highest BCUT2D eigenvalue weighted by atomic mass is 127. The summed E-state index contributed by atoms with van der Waals surface area (Å²) in [5.41, 5.74) is 5.03. The Morgan fingerprint density at radius 3 is 2.61 bits per heavy atom. The molecule has 6 heteroatoms. The number of thiazole rings is 1. The second-order valence-electron chi connectivity index (χ2n) is 5.39. The number of aryl methyl sites for hydroxylation is 3. The van der Waals surface area contributed by atoms with E-state index in [9.17, 15) is 0 Å². The lowest BCUT2D eigenvalue weighted by molar-refractivity contribution is 0.784. The first-order valence-electron chi connectivity index (χ1n) is 7.50. The van der Waals surface area contributed by atoms with Crippen LogP contribution in [0.2, 0.25) is 0 Å². The Morgan fingerprint density at radius 1 is 1.22 bits per heavy atom. The van der Waals surface area contributed by atoms with Gasteiger partial charge in [-0.3, -0.25) is 4.99 Å². The van der Waals surface area contributed by atoms with Crippen molar-refractivity contribution in [3.8, 4) is 0 Å². The summed E-state index contributed by atoms with van der Waals surface area (Å²) in [6.07, 6.45) is 0.911. The Kier molecular flexibility index (Phi) is 8.54. The quantitative estimate of drug-likeness (QED) is 0.421. The van der Waals surface area contributed by atoms with Gasteiger partial charge in [0.1, 0.15) is 0 Å². The number of aliphatic imine (C=N–C) groups is 1. The molecule has 0 radical (unpaired) electrons. The van der Waals surface area contributed by atoms with Gasteiger partial charge < -0.3 is 10.6 Å². The number of guanidine groups is 1. The molecule has 0 aliphatic rings. The highest BCUT2D eigenvalue weighted by molar-refractivity contribution is 14.0. The minimum Gasteiger partial charge on any atom is -0.356 e. The van der Waals surface area contributed by atoms with E-state index in [2.05, 4.69) is 58.0 Å². The van der Waals surface area contributed by atoms with Crippen LogP contribution in [0.5, 0.6) is 0 Å². The largest absolute Gasteiger partial charge is 0.356 e. The molecule has 0 saturated carbocycles. The maximum atomic E-state index is 4.47. The smallest absolute Gasteiger partial charge is 0.191 e. The number of benzene rings is 1. The van der Waals surface area contributed by atoms with Gasteiger partial charge in [-0.15, -0.1) is 35.3 Å². The number of hydrogen-bond donors (Lipinski definition) is 2. The minimum absolute atomic E-state index is 0. The Balaban J connectivity index is 0.00000264. The summed E-state index contributed by atoms with van der Waals surface area (Å²) in [5.74, 6) is 0.826. The number of rotatable bonds is 5. The molecular formula is C17H25IN4S. The molecule has 0 aliphatic heterocycles. The van der Waals surface area contributed by atoms with E-state index in [0.717, 1.165) is 36.2 Å². The number of nitrogens with zero attached hydrogens (tertiary/aromatic N) is 2. The van der Waals surface area contributed by atoms with Crippen LogP contribution in [0.4, 0.5) is 0 Å². The van der Waals surface area contributed by atoms with Crippen molar-refractivity contribution in [2.24, 2.45) is 4.99 Å². The van der Waals surface area contributed by atoms with Crippen LogP contribution in [0.3, 0.4) is 0 Å². The minimum atomic E-state index is 0. The Bertz CT molecular complexity index is 652. The van der Waals surface area contributed by atoms with Crippen LogP contribution in [0, 0.1) is 20.8 Å². The van der Waals surface area contributed by atoms with E-state index in [1.807, 2.05) is 6.92 Å². The summed E-state index contributed by atoms with van der Waals surface area (Å²) in [4.78, 5) is 8.73. The van der Waals surface area contributed by atoms with Gasteiger partial charge >= 0.3 is 0 Å². The van der Waals surface area contributed by atoms with Crippen LogP contribution < -0.4 is 10.6 Å². The molecule has 2 aromatic rings. The van der Waals surface area contributed by atoms with Crippen molar-refractivity contribution in [1.82, 2.24) is 15.6 Å². The maximum Gasteiger partial charge on any atom is 0.191 e. The second kappa shape index (κ2) is 9.87. The van der Waals surface area contributed by atoms with Gasteiger partial charge in [-0.05, 0) is 31.9 Å². The second-order valence-corrected chi connectivity index (χ2v) is 6.45. The lowest BCUT2D eigenvalue weighted by Crippen LogP contribution is -2.38. The first-order chi connectivity index (χ1) is 10.6. The Morgan fingerprint density at radius 2 is 2.00 bits per heavy atom. The SMILES string of the molecule is CN=C(NCCc1csc(C)n1)NCc1ccc(C)cc1C.I. The molecule has 1 heterocycles. The van der Waals surface area contributed by atoms with Crippen LogP contribution in [0.1, 0.15) is 27.4 Å². The van der Waals surface area contributed by atoms with E-state index in [1.165, 1.54) is 16.7 Å². The third-order valence-electron chi connectivity index (χ3n) is 3.51. The third kappa shape index (κ3) is 6.47. The van der Waals surface area contributed by atoms with Gasteiger partial charge in [0.05, 0.1) is 10.7 Å². The van der Waals surface area contributed by atoms with Crippen molar-refractivity contribution in [3.05, 3.63) is 51.0 Å². The van der Waals surface area contributed by atoms with Gasteiger partial charge in [-0.1, -0.05) is 23.8 Å². The molecule has 0 spiro atoms. The summed E-state index contributed by atoms with van der Waals surface area (Å²) < 4.78 is 0. The monoisotopic (exact) mass is 444 g/mol. The molecular weight excluding hydrogens is 419 g/mol. The highest BCUT2D eigenvalue weighted by Crippen LogP contribution is 2.10. The van der Waals surface area contributed by atoms with E-state index >= 15 is 0 Å². The van der Waals surface area contributed by atoms with Crippen LogP contribution in [0.25, 0.3) is 0 Å². The summed E-state index contributed by atoms with van der Waals surface area (Å²) in [7, 11) is 1.80. The number of aromatic nitrogens is 1. The van der Waals surface area contributed by atoms with Crippen LogP contribution in [-0.4, -0.2) is 24.5 Å². The topological polar surface area (TPSA) is 49.3 Å². The number of halogens is 1. The molecule has 1 aromatic heterocycles. The molecule has 4 nitrogen and oxygen atoms in total. The molecule has 0 unspecified atom stereocenters. The molecule has 1 aromatic carbocycles. The summed E-state index contributed by atoms with van der Waals surface area (Å²) >= 11 is 1.69. The molecule has 0 amide bonds. The molecule has 0 aliphatic carbocycles. The fourth-order valence-electron chi connectivity index (χ4n) is 2.28. The van der Waals surface area contributed by atoms with E-state index in [4.69, 9.17) is 0 Å². The Hall–Kier alpha value is -1.15. The first kappa shape index (κ1) is 19.9. The van der Waals surface area contributed by atoms with E-state index in [1.54, 1.807) is 18.4 Å². The molecule has 0 fully saturated rings. The zero-order chi connectivity index (χ0) is 15.9. The molecule has 0 saturated heterocycles. The number of hydrogen-bond acceptors (Lipinski definition) is 3. The van der Waals surface area contributed by atoms with Crippen LogP contribution in [-0.2, 0) is 13.0 Å². The lowest BCUT2D eigenvalue weighted by Gasteiger charge is -2.13. The van der Waals surface area contributed by atoms with Crippen molar-refractivity contribution in [3.63, 3.8) is 0 Å². The maximum absolute atomic E-state index is 4.47. The predicted molar refractivity (Wildman–Crippen MR) is 110 cm³/mol. The standard InChI is InChI=1S/C17H24N4S.HI/c1-12-5-6-15(13(2)9-12)10-20-17(18-4)19-8-7-16-11-22-14(3)21-16;/h5-6,9,11H,7-8,10H2,1-4H3,(H2,18,19,20);1H. The van der Waals surface area contributed by atoms with Crippen molar-refractivity contribution in [1.29, 1.82) is 0 Å². The molecule has 23 heavy (non-hydrogen) atoms. The van der Waals surface area contributed by atoms with Gasteiger partial charge in [0, 0.05) is 31.9 Å². The van der Waals surface area contributed by atoms with E-state index in [-0.39, 0.29) is 24.0 Å². The van der Waals surface area contributed by atoms with Gasteiger partial charge in [0.25, 0.3) is 0 Å². The predicted octanol–water partition coefficient (Wildman–Crippen LogP) is 3.59. The fraction of sp³-hybridized carbons (Fsp3) is 0.412. The van der Waals surface area contributed by atoms with Crippen molar-refractivity contribution in [2.75, 3.05) is 13.6 Å². The van der Waals surface area contributed by atoms with Crippen molar-refractivity contribution >= 4 is 41.3 Å². The van der Waals surface area contributed by atoms with Crippen LogP contribution in [0.15, 0.2) is 28.6 Å². The van der Waals surface area contributed by atoms with E-state index < -0.39 is 0 Å². The van der Waals surface area contributed by atoms with Gasteiger partial charge in [0.15, 0.2) is 5.96 Å². The molecule has 126 valence electrons. The molecule has 2 N–H and O–H groups in total. The van der Waals surface area contributed by atoms with Crippen molar-refractivity contribution < 1.29 is 0 Å². The van der Waals surface area contributed by atoms with Crippen molar-refractivity contribution in [2.45, 2.75) is 33.7 Å². The van der Waals surface area contributed by atoms with Crippen LogP contribution >= 0.6 is 35.3 Å². The zero-order valence-electron chi connectivity index (χ0n) is 14.1. The third-order valence-corrected chi connectivity index (χ3v) is 4.33. The summed E-state index contributed by atoms with van der Waals surface area (Å²) in [6, 6.07) is 6.52. The lowest BCUT2D eigenvalue weighted by atomic mass is 10.1. The van der Waals surface area contributed by atoms with Gasteiger partial charge in [-0.25, -0.2) is 4.98 Å². The average molecular weight is 444 g/mol. The summed E-state index contributed by atoms with van der Waals surface area (Å²) in [5, 5.41) is 9.92. The normalized spacial score (nSPS) is 11.0. The first-order valence-corrected chi connectivity index (χ1v) is 8.38. The zero-order valence-corrected chi connectivity index (χ0v) is 17.3. The number of nitrogens with one attached hydrogen (secondary N) is 2. The molecule has 0 atom stereocenters. The molecule has 0 bridgehead atoms. The van der Waals surface area contributed by atoms with Gasteiger partial charge in [-0.2, -0.15) is 0 Å². The average Bonchev–Trinajstić information content (AvgIpc) is 2.89. The van der Waals surface area contributed by atoms with E-state index in [0.29, 0.717) is 0 Å². The Labute approximate surface area is 159 Å².